The van der Waals surface area contributed by atoms with E-state index in [1.165, 1.54) is 0 Å². The van der Waals surface area contributed by atoms with Gasteiger partial charge in [-0.05, 0) is 52.9 Å². The monoisotopic (exact) mass is 417 g/mol. The van der Waals surface area contributed by atoms with Crippen molar-refractivity contribution in [2.45, 2.75) is 10.6 Å². The molecule has 0 fully saturated rings. The number of hydrogen-bond donors (Lipinski definition) is 1. The van der Waals surface area contributed by atoms with E-state index in [0.29, 0.717) is 17.2 Å². The van der Waals surface area contributed by atoms with Crippen LogP contribution in [-0.2, 0) is 10.5 Å². The average Bonchev–Trinajstić information content (AvgIpc) is 3.27. The number of benzene rings is 3. The average molecular weight is 417 g/mol. The third-order valence-electron chi connectivity index (χ3n) is 4.13. The lowest BCUT2D eigenvalue weighted by Gasteiger charge is -2.09. The van der Waals surface area contributed by atoms with Gasteiger partial charge in [-0.15, -0.1) is 16.9 Å². The van der Waals surface area contributed by atoms with Crippen molar-refractivity contribution in [1.29, 1.82) is 0 Å². The van der Waals surface area contributed by atoms with Crippen LogP contribution in [0.25, 0.3) is 5.69 Å². The van der Waals surface area contributed by atoms with Gasteiger partial charge in [0.15, 0.2) is 12.4 Å². The van der Waals surface area contributed by atoms with E-state index in [-0.39, 0.29) is 12.5 Å². The van der Waals surface area contributed by atoms with E-state index in [1.807, 2.05) is 84.9 Å². The second kappa shape index (κ2) is 9.71. The first kappa shape index (κ1) is 19.7. The molecule has 0 aliphatic heterocycles. The number of para-hydroxylation sites is 2. The van der Waals surface area contributed by atoms with Crippen molar-refractivity contribution >= 4 is 23.4 Å². The number of rotatable bonds is 8. The SMILES string of the molecule is O=C(COc1ccccc1)Nc1cccc(SCc2nnnn2-c2ccccc2)c1. The number of ether oxygens (including phenoxy) is 1. The van der Waals surface area contributed by atoms with Gasteiger partial charge in [0.25, 0.3) is 5.91 Å². The molecule has 0 aliphatic rings. The minimum absolute atomic E-state index is 0.0484. The Labute approximate surface area is 178 Å². The fourth-order valence-electron chi connectivity index (χ4n) is 2.74. The molecule has 4 aromatic rings. The highest BCUT2D eigenvalue weighted by Crippen LogP contribution is 2.25. The summed E-state index contributed by atoms with van der Waals surface area (Å²) in [5, 5.41) is 14.9. The molecule has 0 bridgehead atoms. The van der Waals surface area contributed by atoms with Crippen molar-refractivity contribution in [2.75, 3.05) is 11.9 Å². The van der Waals surface area contributed by atoms with E-state index in [1.54, 1.807) is 16.4 Å². The van der Waals surface area contributed by atoms with Gasteiger partial charge < -0.3 is 10.1 Å². The zero-order valence-corrected chi connectivity index (χ0v) is 16.8. The van der Waals surface area contributed by atoms with Crippen LogP contribution in [0.3, 0.4) is 0 Å². The Balaban J connectivity index is 1.34. The molecule has 150 valence electrons. The summed E-state index contributed by atoms with van der Waals surface area (Å²) in [5.74, 6) is 1.79. The Morgan fingerprint density at radius 3 is 2.53 bits per heavy atom. The van der Waals surface area contributed by atoms with Crippen LogP contribution in [0.1, 0.15) is 5.82 Å². The summed E-state index contributed by atoms with van der Waals surface area (Å²) in [4.78, 5) is 13.2. The number of anilines is 1. The second-order valence-electron chi connectivity index (χ2n) is 6.31. The van der Waals surface area contributed by atoms with Crippen LogP contribution in [0.4, 0.5) is 5.69 Å². The number of nitrogens with one attached hydrogen (secondary N) is 1. The zero-order chi connectivity index (χ0) is 20.6. The van der Waals surface area contributed by atoms with Gasteiger partial charge in [0, 0.05) is 10.6 Å². The number of hydrogen-bond acceptors (Lipinski definition) is 6. The predicted octanol–water partition coefficient (Wildman–Crippen LogP) is 3.97. The number of tetrazole rings is 1. The topological polar surface area (TPSA) is 81.9 Å². The molecule has 0 saturated carbocycles. The molecular formula is C22H19N5O2S. The summed E-state index contributed by atoms with van der Waals surface area (Å²) >= 11 is 1.59. The molecule has 0 radical (unpaired) electrons. The highest BCUT2D eigenvalue weighted by atomic mass is 32.2. The lowest BCUT2D eigenvalue weighted by Crippen LogP contribution is -2.20. The van der Waals surface area contributed by atoms with E-state index in [9.17, 15) is 4.79 Å². The van der Waals surface area contributed by atoms with Gasteiger partial charge in [0.2, 0.25) is 0 Å². The maximum Gasteiger partial charge on any atom is 0.262 e. The minimum atomic E-state index is -0.214. The van der Waals surface area contributed by atoms with Gasteiger partial charge >= 0.3 is 0 Å². The van der Waals surface area contributed by atoms with Crippen LogP contribution in [0, 0.1) is 0 Å². The molecule has 1 amide bonds. The van der Waals surface area contributed by atoms with Crippen LogP contribution in [0.2, 0.25) is 0 Å². The van der Waals surface area contributed by atoms with Gasteiger partial charge in [-0.25, -0.2) is 0 Å². The van der Waals surface area contributed by atoms with Crippen LogP contribution in [0.15, 0.2) is 89.8 Å². The molecule has 1 heterocycles. The Morgan fingerprint density at radius 2 is 1.73 bits per heavy atom. The predicted molar refractivity (Wildman–Crippen MR) is 116 cm³/mol. The van der Waals surface area contributed by atoms with Crippen LogP contribution < -0.4 is 10.1 Å². The molecule has 0 spiro atoms. The van der Waals surface area contributed by atoms with Gasteiger partial charge in [-0.3, -0.25) is 4.79 Å². The second-order valence-corrected chi connectivity index (χ2v) is 7.36. The third-order valence-corrected chi connectivity index (χ3v) is 5.12. The fourth-order valence-corrected chi connectivity index (χ4v) is 3.60. The molecule has 0 unspecified atom stereocenters. The molecule has 3 aromatic carbocycles. The lowest BCUT2D eigenvalue weighted by molar-refractivity contribution is -0.118. The summed E-state index contributed by atoms with van der Waals surface area (Å²) in [6, 6.07) is 26.7. The smallest absolute Gasteiger partial charge is 0.262 e. The standard InChI is InChI=1S/C22H19N5O2S/c28-22(15-29-19-11-5-2-6-12-19)23-17-8-7-13-20(14-17)30-16-21-24-25-26-27(21)18-9-3-1-4-10-18/h1-14H,15-16H2,(H,23,28). The molecule has 4 rings (SSSR count). The van der Waals surface area contributed by atoms with E-state index < -0.39 is 0 Å². The number of amides is 1. The number of aromatic nitrogens is 4. The molecule has 7 nitrogen and oxygen atoms in total. The summed E-state index contributed by atoms with van der Waals surface area (Å²) in [6.45, 7) is -0.0484. The third kappa shape index (κ3) is 5.24. The molecule has 0 aliphatic carbocycles. The maximum atomic E-state index is 12.2. The van der Waals surface area contributed by atoms with Gasteiger partial charge in [0.05, 0.1) is 11.4 Å². The summed E-state index contributed by atoms with van der Waals surface area (Å²) in [5.41, 5.74) is 1.63. The summed E-state index contributed by atoms with van der Waals surface area (Å²) in [7, 11) is 0. The van der Waals surface area contributed by atoms with Crippen molar-refractivity contribution in [1.82, 2.24) is 20.2 Å². The summed E-state index contributed by atoms with van der Waals surface area (Å²) in [6.07, 6.45) is 0. The van der Waals surface area contributed by atoms with Crippen LogP contribution in [0.5, 0.6) is 5.75 Å². The van der Waals surface area contributed by atoms with Crippen molar-refractivity contribution in [3.8, 4) is 11.4 Å². The van der Waals surface area contributed by atoms with Crippen LogP contribution in [-0.4, -0.2) is 32.7 Å². The summed E-state index contributed by atoms with van der Waals surface area (Å²) < 4.78 is 7.20. The molecule has 0 atom stereocenters. The first-order valence-corrected chi connectivity index (χ1v) is 10.3. The van der Waals surface area contributed by atoms with Gasteiger partial charge in [-0.1, -0.05) is 42.5 Å². The van der Waals surface area contributed by atoms with E-state index in [4.69, 9.17) is 4.74 Å². The van der Waals surface area contributed by atoms with E-state index in [0.717, 1.165) is 16.4 Å². The Morgan fingerprint density at radius 1 is 0.967 bits per heavy atom. The van der Waals surface area contributed by atoms with Crippen molar-refractivity contribution in [3.63, 3.8) is 0 Å². The van der Waals surface area contributed by atoms with E-state index >= 15 is 0 Å². The first-order valence-electron chi connectivity index (χ1n) is 9.31. The van der Waals surface area contributed by atoms with Crippen molar-refractivity contribution in [2.24, 2.45) is 0 Å². The van der Waals surface area contributed by atoms with E-state index in [2.05, 4.69) is 20.8 Å². The van der Waals surface area contributed by atoms with Gasteiger partial charge in [0.1, 0.15) is 5.75 Å². The molecular weight excluding hydrogens is 398 g/mol. The molecule has 1 aromatic heterocycles. The molecule has 1 N–H and O–H groups in total. The zero-order valence-electron chi connectivity index (χ0n) is 16.0. The van der Waals surface area contributed by atoms with Crippen molar-refractivity contribution in [3.05, 3.63) is 90.8 Å². The Bertz CT molecular complexity index is 1100. The molecule has 8 heteroatoms. The first-order chi connectivity index (χ1) is 14.8. The number of carbonyl (C=O) groups excluding carboxylic acids is 1. The fraction of sp³-hybridized carbons (Fsp3) is 0.0909. The molecule has 30 heavy (non-hydrogen) atoms. The highest BCUT2D eigenvalue weighted by molar-refractivity contribution is 7.98. The Hall–Kier alpha value is -3.65. The lowest BCUT2D eigenvalue weighted by atomic mass is 10.3. The largest absolute Gasteiger partial charge is 0.484 e. The van der Waals surface area contributed by atoms with Crippen LogP contribution >= 0.6 is 11.8 Å². The highest BCUT2D eigenvalue weighted by Gasteiger charge is 2.09. The quantitative estimate of drug-likeness (QED) is 0.437. The number of thioether (sulfide) groups is 1. The number of nitrogens with zero attached hydrogens (tertiary/aromatic N) is 4. The molecule has 0 saturated heterocycles. The normalized spacial score (nSPS) is 10.5. The van der Waals surface area contributed by atoms with Gasteiger partial charge in [-0.2, -0.15) is 4.68 Å². The Kier molecular flexibility index (Phi) is 6.36. The maximum absolute atomic E-state index is 12.2. The van der Waals surface area contributed by atoms with Crippen molar-refractivity contribution < 1.29 is 9.53 Å². The minimum Gasteiger partial charge on any atom is -0.484 e. The number of carbonyl (C=O) groups is 1.